The van der Waals surface area contributed by atoms with Crippen molar-refractivity contribution < 1.29 is 8.42 Å². The molecule has 0 amide bonds. The summed E-state index contributed by atoms with van der Waals surface area (Å²) in [6, 6.07) is 8.51. The Bertz CT molecular complexity index is 577. The van der Waals surface area contributed by atoms with E-state index in [1.807, 2.05) is 0 Å². The molecule has 1 rings (SSSR count). The summed E-state index contributed by atoms with van der Waals surface area (Å²) in [5.41, 5.74) is 5.79. The molecule has 0 spiro atoms. The molecule has 0 fully saturated rings. The van der Waals surface area contributed by atoms with Crippen molar-refractivity contribution in [2.24, 2.45) is 10.7 Å². The molecule has 0 aliphatic heterocycles. The molecule has 0 bridgehead atoms. The van der Waals surface area contributed by atoms with Crippen LogP contribution in [0.3, 0.4) is 0 Å². The van der Waals surface area contributed by atoms with Gasteiger partial charge in [-0.15, -0.1) is 24.0 Å². The second-order valence-electron chi connectivity index (χ2n) is 5.95. The summed E-state index contributed by atoms with van der Waals surface area (Å²) >= 11 is 0. The number of benzene rings is 1. The third-order valence-corrected chi connectivity index (χ3v) is 5.61. The van der Waals surface area contributed by atoms with Crippen molar-refractivity contribution in [1.29, 1.82) is 0 Å². The summed E-state index contributed by atoms with van der Waals surface area (Å²) in [5.74, 6) is 0.492. The second-order valence-corrected chi connectivity index (χ2v) is 8.06. The Kier molecular flexibility index (Phi) is 13.9. The minimum Gasteiger partial charge on any atom is -0.370 e. The average Bonchev–Trinajstić information content (AvgIpc) is 2.59. The standard InChI is InChI=1S/C18H31N3O2S.HI/c1-2-3-4-5-6-10-14-20-18(19)21-15-11-16-24(22,23)17-12-8-7-9-13-17;/h7-9,12-13H,2-6,10-11,14-16H2,1H3,(H3,19,20,21);1H. The van der Waals surface area contributed by atoms with E-state index in [2.05, 4.69) is 17.2 Å². The van der Waals surface area contributed by atoms with Gasteiger partial charge < -0.3 is 11.1 Å². The zero-order chi connectivity index (χ0) is 17.7. The van der Waals surface area contributed by atoms with E-state index in [0.717, 1.165) is 13.0 Å². The number of nitrogens with zero attached hydrogens (tertiary/aromatic N) is 1. The first-order valence-corrected chi connectivity index (χ1v) is 10.5. The Balaban J connectivity index is 0.00000576. The van der Waals surface area contributed by atoms with Gasteiger partial charge in [0.15, 0.2) is 15.8 Å². The van der Waals surface area contributed by atoms with Crippen LogP contribution in [-0.2, 0) is 9.84 Å². The predicted molar refractivity (Wildman–Crippen MR) is 116 cm³/mol. The largest absolute Gasteiger partial charge is 0.370 e. The molecule has 0 saturated carbocycles. The SMILES string of the molecule is CCCCCCCCNC(N)=NCCCS(=O)(=O)c1ccccc1.I. The lowest BCUT2D eigenvalue weighted by Gasteiger charge is -2.06. The Morgan fingerprint density at radius 2 is 1.68 bits per heavy atom. The molecule has 0 aromatic heterocycles. The minimum atomic E-state index is -3.22. The number of nitrogens with one attached hydrogen (secondary N) is 1. The lowest BCUT2D eigenvalue weighted by Crippen LogP contribution is -2.32. The van der Waals surface area contributed by atoms with Gasteiger partial charge in [0.1, 0.15) is 0 Å². The van der Waals surface area contributed by atoms with Gasteiger partial charge in [-0.1, -0.05) is 57.2 Å². The van der Waals surface area contributed by atoms with Gasteiger partial charge in [-0.25, -0.2) is 8.42 Å². The maximum absolute atomic E-state index is 12.1. The van der Waals surface area contributed by atoms with E-state index in [4.69, 9.17) is 5.73 Å². The third kappa shape index (κ3) is 11.4. The molecule has 0 atom stereocenters. The van der Waals surface area contributed by atoms with E-state index < -0.39 is 9.84 Å². The first-order chi connectivity index (χ1) is 11.6. The zero-order valence-corrected chi connectivity index (χ0v) is 18.3. The van der Waals surface area contributed by atoms with Gasteiger partial charge in [0.05, 0.1) is 10.6 Å². The van der Waals surface area contributed by atoms with Crippen LogP contribution < -0.4 is 11.1 Å². The number of sulfone groups is 1. The molecule has 0 heterocycles. The van der Waals surface area contributed by atoms with E-state index in [0.29, 0.717) is 23.8 Å². The van der Waals surface area contributed by atoms with Crippen LogP contribution in [0.4, 0.5) is 0 Å². The third-order valence-electron chi connectivity index (χ3n) is 3.79. The number of aliphatic imine (C=N–C) groups is 1. The first kappa shape index (κ1) is 24.2. The molecule has 1 aromatic rings. The summed E-state index contributed by atoms with van der Waals surface area (Å²) in [7, 11) is -3.22. The molecule has 0 radical (unpaired) electrons. The van der Waals surface area contributed by atoms with Crippen LogP contribution in [-0.4, -0.2) is 33.2 Å². The monoisotopic (exact) mass is 481 g/mol. The van der Waals surface area contributed by atoms with Crippen LogP contribution in [0.1, 0.15) is 51.9 Å². The van der Waals surface area contributed by atoms with E-state index >= 15 is 0 Å². The lowest BCUT2D eigenvalue weighted by molar-refractivity contribution is 0.593. The van der Waals surface area contributed by atoms with Crippen LogP contribution in [0.15, 0.2) is 40.2 Å². The fraction of sp³-hybridized carbons (Fsp3) is 0.611. The summed E-state index contributed by atoms with van der Waals surface area (Å²) < 4.78 is 24.2. The second kappa shape index (κ2) is 14.4. The number of unbranched alkanes of at least 4 members (excludes halogenated alkanes) is 5. The normalized spacial score (nSPS) is 11.8. The van der Waals surface area contributed by atoms with Crippen LogP contribution >= 0.6 is 24.0 Å². The molecule has 0 unspecified atom stereocenters. The van der Waals surface area contributed by atoms with Crippen LogP contribution in [0.5, 0.6) is 0 Å². The summed E-state index contributed by atoms with van der Waals surface area (Å²) in [4.78, 5) is 4.55. The van der Waals surface area contributed by atoms with Crippen molar-refractivity contribution in [3.8, 4) is 0 Å². The van der Waals surface area contributed by atoms with Crippen LogP contribution in [0, 0.1) is 0 Å². The van der Waals surface area contributed by atoms with Gasteiger partial charge in [-0.2, -0.15) is 0 Å². The molecule has 7 heteroatoms. The quantitative estimate of drug-likeness (QED) is 0.206. The van der Waals surface area contributed by atoms with E-state index in [-0.39, 0.29) is 29.7 Å². The molecular formula is C18H32IN3O2S. The molecule has 0 aliphatic carbocycles. The fourth-order valence-electron chi connectivity index (χ4n) is 2.38. The van der Waals surface area contributed by atoms with Gasteiger partial charge in [0.2, 0.25) is 0 Å². The van der Waals surface area contributed by atoms with Gasteiger partial charge in [0, 0.05) is 13.1 Å². The highest BCUT2D eigenvalue weighted by atomic mass is 127. The van der Waals surface area contributed by atoms with E-state index in [1.54, 1.807) is 30.3 Å². The summed E-state index contributed by atoms with van der Waals surface area (Å²) in [5, 5.41) is 3.08. The van der Waals surface area contributed by atoms with Gasteiger partial charge in [-0.3, -0.25) is 4.99 Å². The van der Waals surface area contributed by atoms with E-state index in [9.17, 15) is 8.42 Å². The number of hydrogen-bond donors (Lipinski definition) is 2. The molecule has 1 aromatic carbocycles. The molecule has 144 valence electrons. The Labute approximate surface area is 169 Å². The molecule has 0 saturated heterocycles. The zero-order valence-electron chi connectivity index (χ0n) is 15.1. The van der Waals surface area contributed by atoms with Crippen molar-refractivity contribution in [1.82, 2.24) is 5.32 Å². The van der Waals surface area contributed by atoms with Crippen molar-refractivity contribution in [3.05, 3.63) is 30.3 Å². The molecule has 3 N–H and O–H groups in total. The van der Waals surface area contributed by atoms with Gasteiger partial charge in [-0.05, 0) is 25.0 Å². The fourth-order valence-corrected chi connectivity index (χ4v) is 3.69. The number of rotatable bonds is 12. The molecule has 25 heavy (non-hydrogen) atoms. The number of nitrogens with two attached hydrogens (primary N) is 1. The highest BCUT2D eigenvalue weighted by Crippen LogP contribution is 2.10. The summed E-state index contributed by atoms with van der Waals surface area (Å²) in [6.07, 6.45) is 7.90. The number of halogens is 1. The molecular weight excluding hydrogens is 449 g/mol. The van der Waals surface area contributed by atoms with Crippen molar-refractivity contribution >= 4 is 39.8 Å². The first-order valence-electron chi connectivity index (χ1n) is 8.88. The molecule has 5 nitrogen and oxygen atoms in total. The van der Waals surface area contributed by atoms with Crippen molar-refractivity contribution in [2.75, 3.05) is 18.8 Å². The topological polar surface area (TPSA) is 84.5 Å². The Hall–Kier alpha value is -0.830. The minimum absolute atomic E-state index is 0. The Morgan fingerprint density at radius 1 is 1.04 bits per heavy atom. The molecule has 0 aliphatic rings. The average molecular weight is 481 g/mol. The maximum atomic E-state index is 12.1. The Morgan fingerprint density at radius 3 is 2.36 bits per heavy atom. The predicted octanol–water partition coefficient (Wildman–Crippen LogP) is 3.73. The van der Waals surface area contributed by atoms with E-state index in [1.165, 1.54) is 32.1 Å². The number of hydrogen-bond acceptors (Lipinski definition) is 3. The smallest absolute Gasteiger partial charge is 0.188 e. The highest BCUT2D eigenvalue weighted by Gasteiger charge is 2.12. The van der Waals surface area contributed by atoms with Gasteiger partial charge in [0.25, 0.3) is 0 Å². The van der Waals surface area contributed by atoms with Gasteiger partial charge >= 0.3 is 0 Å². The lowest BCUT2D eigenvalue weighted by atomic mass is 10.1. The van der Waals surface area contributed by atoms with Crippen LogP contribution in [0.25, 0.3) is 0 Å². The maximum Gasteiger partial charge on any atom is 0.188 e. The number of guanidine groups is 1. The summed E-state index contributed by atoms with van der Waals surface area (Å²) in [6.45, 7) is 3.45. The van der Waals surface area contributed by atoms with Crippen molar-refractivity contribution in [3.63, 3.8) is 0 Å². The highest BCUT2D eigenvalue weighted by molar-refractivity contribution is 14.0. The van der Waals surface area contributed by atoms with Crippen molar-refractivity contribution in [2.45, 2.75) is 56.8 Å². The van der Waals surface area contributed by atoms with Crippen LogP contribution in [0.2, 0.25) is 0 Å².